The van der Waals surface area contributed by atoms with E-state index in [0.717, 1.165) is 0 Å². The number of aliphatic hydroxyl groups excluding tert-OH is 3. The van der Waals surface area contributed by atoms with Crippen LogP contribution >= 0.6 is 0 Å². The molecule has 51 heavy (non-hydrogen) atoms. The number of hydrogen-bond donors (Lipinski definition) is 5. The summed E-state index contributed by atoms with van der Waals surface area (Å²) in [5.74, 6) is -2.65. The summed E-state index contributed by atoms with van der Waals surface area (Å²) < 4.78 is 47.0. The molecule has 0 aromatic carbocycles. The lowest BCUT2D eigenvalue weighted by Crippen LogP contribution is -2.64. The normalized spacial score (nSPS) is 47.8. The quantitative estimate of drug-likeness (QED) is 0.171. The van der Waals surface area contributed by atoms with E-state index >= 15 is 0 Å². The van der Waals surface area contributed by atoms with Crippen molar-refractivity contribution in [2.24, 2.45) is 17.8 Å². The van der Waals surface area contributed by atoms with Crippen LogP contribution in [0.3, 0.4) is 0 Å². The van der Waals surface area contributed by atoms with E-state index in [1.807, 2.05) is 0 Å². The number of carbonyl (C=O) groups excluding carboxylic acids is 2. The van der Waals surface area contributed by atoms with E-state index in [0.29, 0.717) is 0 Å². The van der Waals surface area contributed by atoms with Gasteiger partial charge in [-0.3, -0.25) is 4.79 Å². The summed E-state index contributed by atoms with van der Waals surface area (Å²) in [4.78, 5) is 26.5. The molecule has 15 nitrogen and oxygen atoms in total. The van der Waals surface area contributed by atoms with Crippen LogP contribution in [0.4, 0.5) is 0 Å². The number of ether oxygens (including phenoxy) is 8. The second-order valence-electron chi connectivity index (χ2n) is 14.8. The predicted octanol–water partition coefficient (Wildman–Crippen LogP) is 0.555. The number of ketones is 1. The van der Waals surface area contributed by atoms with Gasteiger partial charge < -0.3 is 63.4 Å². The lowest BCUT2D eigenvalue weighted by Gasteiger charge is -2.47. The summed E-state index contributed by atoms with van der Waals surface area (Å²) in [5.41, 5.74) is -3.70. The predicted molar refractivity (Wildman–Crippen MR) is 179 cm³/mol. The van der Waals surface area contributed by atoms with Crippen molar-refractivity contribution < 1.29 is 73.0 Å². The molecule has 15 heteroatoms. The minimum atomic E-state index is -1.91. The number of epoxide rings is 1. The standard InChI is InChI=1S/C36H58O15/c1-17-10-13-27(40)47-19(3)23(16-46-34-33(45-9)32(44-8)29(41)20(4)48-34)31-24(50-31)11-12-25(38)35(7,42)15-18(2)30(17)51-28-14-26(39)36(43,21(5)37)22(6)49-28/h10-13,17-24,26,28-34,37,39,41-43H,14-16H2,1-9H3. The van der Waals surface area contributed by atoms with Gasteiger partial charge in [0.2, 0.25) is 0 Å². The van der Waals surface area contributed by atoms with Crippen molar-refractivity contribution in [3.05, 3.63) is 24.3 Å². The van der Waals surface area contributed by atoms with Crippen LogP contribution < -0.4 is 0 Å². The smallest absolute Gasteiger partial charge is 0.330 e. The van der Waals surface area contributed by atoms with Crippen LogP contribution in [0.1, 0.15) is 61.3 Å². The Morgan fingerprint density at radius 3 is 2.20 bits per heavy atom. The molecule has 4 rings (SSSR count). The minimum Gasteiger partial charge on any atom is -0.459 e. The first kappa shape index (κ1) is 41.9. The fourth-order valence-electron chi connectivity index (χ4n) is 7.52. The minimum absolute atomic E-state index is 0.00227. The third-order valence-corrected chi connectivity index (χ3v) is 10.9. The first-order valence-electron chi connectivity index (χ1n) is 17.7. The Hall–Kier alpha value is -1.86. The molecule has 0 radical (unpaired) electrons. The van der Waals surface area contributed by atoms with Crippen molar-refractivity contribution in [1.29, 1.82) is 0 Å². The monoisotopic (exact) mass is 730 g/mol. The van der Waals surface area contributed by atoms with E-state index in [-0.39, 0.29) is 19.4 Å². The van der Waals surface area contributed by atoms with Gasteiger partial charge in [-0.15, -0.1) is 0 Å². The lowest BCUT2D eigenvalue weighted by molar-refractivity contribution is -0.314. The van der Waals surface area contributed by atoms with Crippen molar-refractivity contribution in [3.63, 3.8) is 0 Å². The lowest BCUT2D eigenvalue weighted by atomic mass is 9.81. The van der Waals surface area contributed by atoms with Gasteiger partial charge in [-0.25, -0.2) is 4.79 Å². The second-order valence-corrected chi connectivity index (χ2v) is 14.8. The Kier molecular flexibility index (Phi) is 14.0. The van der Waals surface area contributed by atoms with E-state index < -0.39 is 120 Å². The van der Waals surface area contributed by atoms with Gasteiger partial charge in [0, 0.05) is 38.6 Å². The summed E-state index contributed by atoms with van der Waals surface area (Å²) in [6.07, 6.45) is -5.48. The van der Waals surface area contributed by atoms with Crippen molar-refractivity contribution in [3.8, 4) is 0 Å². The molecule has 0 amide bonds. The zero-order valence-corrected chi connectivity index (χ0v) is 31.0. The summed E-state index contributed by atoms with van der Waals surface area (Å²) >= 11 is 0. The van der Waals surface area contributed by atoms with Crippen molar-refractivity contribution in [1.82, 2.24) is 0 Å². The molecule has 4 heterocycles. The van der Waals surface area contributed by atoms with Crippen molar-refractivity contribution in [2.45, 2.75) is 152 Å². The van der Waals surface area contributed by atoms with Gasteiger partial charge in [-0.05, 0) is 59.1 Å². The number of cyclic esters (lactones) is 1. The molecular weight excluding hydrogens is 672 g/mol. The van der Waals surface area contributed by atoms with Crippen LogP contribution in [0.25, 0.3) is 0 Å². The first-order valence-corrected chi connectivity index (χ1v) is 17.7. The molecule has 0 spiro atoms. The summed E-state index contributed by atoms with van der Waals surface area (Å²) in [6, 6.07) is 0. The molecule has 3 saturated heterocycles. The van der Waals surface area contributed by atoms with Crippen LogP contribution in [0, 0.1) is 17.8 Å². The number of hydrogen-bond acceptors (Lipinski definition) is 15. The van der Waals surface area contributed by atoms with Gasteiger partial charge in [0.25, 0.3) is 0 Å². The molecular formula is C36H58O15. The van der Waals surface area contributed by atoms with Crippen molar-refractivity contribution >= 4 is 11.8 Å². The Morgan fingerprint density at radius 1 is 0.922 bits per heavy atom. The van der Waals surface area contributed by atoms with Gasteiger partial charge in [0.1, 0.15) is 41.7 Å². The van der Waals surface area contributed by atoms with E-state index in [9.17, 15) is 35.1 Å². The molecule has 0 aliphatic carbocycles. The van der Waals surface area contributed by atoms with Gasteiger partial charge in [0.05, 0.1) is 43.2 Å². The Morgan fingerprint density at radius 2 is 1.59 bits per heavy atom. The molecule has 18 unspecified atom stereocenters. The SMILES string of the molecule is COC1C(OCC2C(C)OC(=O)C=CC(C)C(OC3CC(O)C(O)(C(C)O)C(C)O3)C(C)CC(C)(O)C(=O)C=CC3OC32)OC(C)C(O)C1OC. The second kappa shape index (κ2) is 17.1. The zero-order valence-electron chi connectivity index (χ0n) is 31.0. The summed E-state index contributed by atoms with van der Waals surface area (Å²) in [7, 11) is 2.92. The number of methoxy groups -OCH3 is 2. The van der Waals surface area contributed by atoms with E-state index in [4.69, 9.17) is 37.9 Å². The molecule has 0 aromatic rings. The highest BCUT2D eigenvalue weighted by Gasteiger charge is 2.53. The highest BCUT2D eigenvalue weighted by atomic mass is 16.7. The summed E-state index contributed by atoms with van der Waals surface area (Å²) in [6.45, 7) is 11.3. The number of rotatable bonds is 8. The molecule has 4 aliphatic heterocycles. The van der Waals surface area contributed by atoms with E-state index in [1.165, 1.54) is 47.1 Å². The largest absolute Gasteiger partial charge is 0.459 e. The molecule has 292 valence electrons. The maximum Gasteiger partial charge on any atom is 0.330 e. The van der Waals surface area contributed by atoms with E-state index in [2.05, 4.69) is 0 Å². The highest BCUT2D eigenvalue weighted by Crippen LogP contribution is 2.38. The molecule has 4 aliphatic rings. The topological polar surface area (TPSA) is 212 Å². The average Bonchev–Trinajstić information content (AvgIpc) is 3.83. The fourth-order valence-corrected chi connectivity index (χ4v) is 7.52. The molecule has 5 N–H and O–H groups in total. The van der Waals surface area contributed by atoms with E-state index in [1.54, 1.807) is 39.8 Å². The van der Waals surface area contributed by atoms with Crippen LogP contribution in [-0.4, -0.2) is 149 Å². The molecule has 0 aromatic heterocycles. The maximum absolute atomic E-state index is 13.3. The van der Waals surface area contributed by atoms with Crippen LogP contribution in [-0.2, 0) is 47.5 Å². The number of esters is 1. The fraction of sp³-hybridized carbons (Fsp3) is 0.833. The van der Waals surface area contributed by atoms with Crippen molar-refractivity contribution in [2.75, 3.05) is 20.8 Å². The number of fused-ring (bicyclic) bond motifs is 1. The van der Waals surface area contributed by atoms with Crippen LogP contribution in [0.15, 0.2) is 24.3 Å². The molecule has 3 fully saturated rings. The zero-order chi connectivity index (χ0) is 38.0. The first-order chi connectivity index (χ1) is 23.8. The Balaban J connectivity index is 1.55. The molecule has 18 atom stereocenters. The third kappa shape index (κ3) is 9.45. The van der Waals surface area contributed by atoms with Gasteiger partial charge in [0.15, 0.2) is 18.4 Å². The Labute approximate surface area is 299 Å². The summed E-state index contributed by atoms with van der Waals surface area (Å²) in [5, 5.41) is 53.7. The number of carbonyl (C=O) groups is 2. The van der Waals surface area contributed by atoms with Crippen LogP contribution in [0.5, 0.6) is 0 Å². The van der Waals surface area contributed by atoms with Gasteiger partial charge in [-0.1, -0.05) is 19.9 Å². The van der Waals surface area contributed by atoms with Gasteiger partial charge in [-0.2, -0.15) is 0 Å². The highest BCUT2D eigenvalue weighted by molar-refractivity contribution is 5.96. The third-order valence-electron chi connectivity index (χ3n) is 10.9. The molecule has 0 saturated carbocycles. The maximum atomic E-state index is 13.3. The molecule has 0 bridgehead atoms. The number of aliphatic hydroxyl groups is 5. The average molecular weight is 731 g/mol. The van der Waals surface area contributed by atoms with Gasteiger partial charge >= 0.3 is 5.97 Å². The van der Waals surface area contributed by atoms with Crippen LogP contribution in [0.2, 0.25) is 0 Å². The Bertz CT molecular complexity index is 1220.